The van der Waals surface area contributed by atoms with Crippen LogP contribution in [-0.4, -0.2) is 29.2 Å². The molecule has 82 valence electrons. The molecule has 1 aliphatic rings. The molecule has 2 rings (SSSR count). The van der Waals surface area contributed by atoms with Crippen LogP contribution in [0.1, 0.15) is 19.3 Å². The van der Waals surface area contributed by atoms with Gasteiger partial charge in [-0.2, -0.15) is 0 Å². The van der Waals surface area contributed by atoms with Crippen molar-refractivity contribution in [2.45, 2.75) is 25.4 Å². The van der Waals surface area contributed by atoms with Crippen molar-refractivity contribution >= 4 is 5.95 Å². The first-order valence-electron chi connectivity index (χ1n) is 5.29. The summed E-state index contributed by atoms with van der Waals surface area (Å²) in [5.74, 6) is 0.972. The molecule has 0 aromatic carbocycles. The van der Waals surface area contributed by atoms with Crippen LogP contribution in [-0.2, 0) is 0 Å². The van der Waals surface area contributed by atoms with Crippen LogP contribution in [0.25, 0.3) is 0 Å². The summed E-state index contributed by atoms with van der Waals surface area (Å²) in [4.78, 5) is 7.78. The summed E-state index contributed by atoms with van der Waals surface area (Å²) in [6.45, 7) is 1.97. The molecular formula is C10H16N4O. The highest BCUT2D eigenvalue weighted by Gasteiger charge is 2.13. The van der Waals surface area contributed by atoms with Crippen molar-refractivity contribution in [1.29, 1.82) is 0 Å². The molecule has 0 spiro atoms. The second kappa shape index (κ2) is 4.93. The lowest BCUT2D eigenvalue weighted by Crippen LogP contribution is -2.29. The van der Waals surface area contributed by atoms with Crippen LogP contribution >= 0.6 is 0 Å². The number of hydrogen-bond acceptors (Lipinski definition) is 5. The van der Waals surface area contributed by atoms with Gasteiger partial charge in [0.25, 0.3) is 0 Å². The second-order valence-electron chi connectivity index (χ2n) is 3.72. The van der Waals surface area contributed by atoms with Gasteiger partial charge in [0.2, 0.25) is 5.95 Å². The van der Waals surface area contributed by atoms with Gasteiger partial charge >= 0.3 is 0 Å². The fourth-order valence-corrected chi connectivity index (χ4v) is 1.67. The number of rotatable bonds is 2. The van der Waals surface area contributed by atoms with E-state index in [0.717, 1.165) is 19.5 Å². The molecule has 2 heterocycles. The van der Waals surface area contributed by atoms with Crippen molar-refractivity contribution < 1.29 is 4.74 Å². The van der Waals surface area contributed by atoms with E-state index in [1.807, 2.05) is 0 Å². The molecule has 0 bridgehead atoms. The number of ether oxygens (including phenoxy) is 1. The van der Waals surface area contributed by atoms with Crippen molar-refractivity contribution in [3.05, 3.63) is 12.4 Å². The van der Waals surface area contributed by atoms with Gasteiger partial charge in [0.1, 0.15) is 6.10 Å². The van der Waals surface area contributed by atoms with Crippen LogP contribution in [0.4, 0.5) is 5.95 Å². The third-order valence-electron chi connectivity index (χ3n) is 2.45. The predicted molar refractivity (Wildman–Crippen MR) is 57.6 cm³/mol. The summed E-state index contributed by atoms with van der Waals surface area (Å²) in [5.41, 5.74) is 5.39. The maximum atomic E-state index is 5.75. The molecule has 1 aromatic rings. The van der Waals surface area contributed by atoms with Crippen LogP contribution in [0.2, 0.25) is 0 Å². The van der Waals surface area contributed by atoms with Gasteiger partial charge in [-0.1, -0.05) is 0 Å². The van der Waals surface area contributed by atoms with E-state index in [9.17, 15) is 0 Å². The summed E-state index contributed by atoms with van der Waals surface area (Å²) in [7, 11) is 0. The minimum absolute atomic E-state index is 0.222. The van der Waals surface area contributed by atoms with Crippen molar-refractivity contribution in [2.24, 2.45) is 0 Å². The van der Waals surface area contributed by atoms with Gasteiger partial charge < -0.3 is 15.8 Å². The average Bonchev–Trinajstić information content (AvgIpc) is 2.50. The zero-order valence-corrected chi connectivity index (χ0v) is 8.65. The Labute approximate surface area is 89.1 Å². The lowest BCUT2D eigenvalue weighted by Gasteiger charge is -2.16. The van der Waals surface area contributed by atoms with E-state index in [1.54, 1.807) is 12.4 Å². The molecule has 1 aromatic heterocycles. The van der Waals surface area contributed by atoms with E-state index in [0.29, 0.717) is 5.75 Å². The van der Waals surface area contributed by atoms with E-state index < -0.39 is 0 Å². The molecule has 3 N–H and O–H groups in total. The van der Waals surface area contributed by atoms with E-state index >= 15 is 0 Å². The molecule has 1 fully saturated rings. The zero-order valence-electron chi connectivity index (χ0n) is 8.65. The Hall–Kier alpha value is -1.36. The summed E-state index contributed by atoms with van der Waals surface area (Å²) in [6.07, 6.45) is 6.96. The lowest BCUT2D eigenvalue weighted by molar-refractivity contribution is 0.193. The van der Waals surface area contributed by atoms with E-state index in [2.05, 4.69) is 15.3 Å². The van der Waals surface area contributed by atoms with Crippen LogP contribution in [0.15, 0.2) is 12.4 Å². The minimum atomic E-state index is 0.222. The SMILES string of the molecule is Nc1ncc(OC2CCCCNC2)cn1. The van der Waals surface area contributed by atoms with Crippen molar-refractivity contribution in [1.82, 2.24) is 15.3 Å². The quantitative estimate of drug-likeness (QED) is 0.743. The Morgan fingerprint density at radius 2 is 2.13 bits per heavy atom. The Kier molecular flexibility index (Phi) is 3.34. The summed E-state index contributed by atoms with van der Waals surface area (Å²) < 4.78 is 5.75. The molecule has 0 radical (unpaired) electrons. The highest BCUT2D eigenvalue weighted by molar-refractivity contribution is 5.21. The van der Waals surface area contributed by atoms with Crippen LogP contribution in [0, 0.1) is 0 Å². The third-order valence-corrected chi connectivity index (χ3v) is 2.45. The molecule has 1 atom stereocenters. The highest BCUT2D eigenvalue weighted by atomic mass is 16.5. The smallest absolute Gasteiger partial charge is 0.220 e. The molecular weight excluding hydrogens is 192 g/mol. The van der Waals surface area contributed by atoms with Gasteiger partial charge in [0.05, 0.1) is 12.4 Å². The fraction of sp³-hybridized carbons (Fsp3) is 0.600. The Morgan fingerprint density at radius 1 is 1.33 bits per heavy atom. The van der Waals surface area contributed by atoms with Crippen molar-refractivity contribution in [3.8, 4) is 5.75 Å². The average molecular weight is 208 g/mol. The van der Waals surface area contributed by atoms with Crippen molar-refractivity contribution in [3.63, 3.8) is 0 Å². The maximum absolute atomic E-state index is 5.75. The Balaban J connectivity index is 1.92. The maximum Gasteiger partial charge on any atom is 0.220 e. The molecule has 1 aliphatic heterocycles. The van der Waals surface area contributed by atoms with E-state index in [-0.39, 0.29) is 12.1 Å². The molecule has 0 amide bonds. The normalized spacial score (nSPS) is 22.0. The van der Waals surface area contributed by atoms with Gasteiger partial charge in [-0.25, -0.2) is 9.97 Å². The first kappa shape index (κ1) is 10.2. The largest absolute Gasteiger partial charge is 0.486 e. The monoisotopic (exact) mass is 208 g/mol. The van der Waals surface area contributed by atoms with Crippen molar-refractivity contribution in [2.75, 3.05) is 18.8 Å². The summed E-state index contributed by atoms with van der Waals surface area (Å²) in [5, 5.41) is 3.34. The summed E-state index contributed by atoms with van der Waals surface area (Å²) >= 11 is 0. The number of nitrogen functional groups attached to an aromatic ring is 1. The topological polar surface area (TPSA) is 73.1 Å². The molecule has 5 nitrogen and oxygen atoms in total. The van der Waals surface area contributed by atoms with E-state index in [1.165, 1.54) is 12.8 Å². The molecule has 1 saturated heterocycles. The van der Waals surface area contributed by atoms with Gasteiger partial charge in [0.15, 0.2) is 5.75 Å². The molecule has 1 unspecified atom stereocenters. The number of nitrogens with zero attached hydrogens (tertiary/aromatic N) is 2. The first-order valence-corrected chi connectivity index (χ1v) is 5.29. The van der Waals surface area contributed by atoms with Gasteiger partial charge in [0, 0.05) is 6.54 Å². The van der Waals surface area contributed by atoms with Crippen LogP contribution < -0.4 is 15.8 Å². The second-order valence-corrected chi connectivity index (χ2v) is 3.72. The highest BCUT2D eigenvalue weighted by Crippen LogP contribution is 2.14. The summed E-state index contributed by atoms with van der Waals surface area (Å²) in [6, 6.07) is 0. The number of aromatic nitrogens is 2. The molecule has 0 aliphatic carbocycles. The first-order chi connectivity index (χ1) is 7.34. The zero-order chi connectivity index (χ0) is 10.5. The van der Waals surface area contributed by atoms with Crippen LogP contribution in [0.3, 0.4) is 0 Å². The standard InChI is InChI=1S/C10H16N4O/c11-10-13-6-9(7-14-10)15-8-3-1-2-4-12-5-8/h6-8,12H,1-5H2,(H2,11,13,14). The van der Waals surface area contributed by atoms with Crippen LogP contribution in [0.5, 0.6) is 5.75 Å². The lowest BCUT2D eigenvalue weighted by atomic mass is 10.2. The minimum Gasteiger partial charge on any atom is -0.486 e. The van der Waals surface area contributed by atoms with E-state index in [4.69, 9.17) is 10.5 Å². The van der Waals surface area contributed by atoms with Gasteiger partial charge in [-0.15, -0.1) is 0 Å². The third kappa shape index (κ3) is 3.06. The van der Waals surface area contributed by atoms with Gasteiger partial charge in [-0.3, -0.25) is 0 Å². The van der Waals surface area contributed by atoms with Gasteiger partial charge in [-0.05, 0) is 25.8 Å². The molecule has 5 heteroatoms. The Morgan fingerprint density at radius 3 is 2.93 bits per heavy atom. The number of anilines is 1. The predicted octanol–water partition coefficient (Wildman–Crippen LogP) is 0.580. The molecule has 15 heavy (non-hydrogen) atoms. The number of nitrogens with two attached hydrogens (primary N) is 1. The number of hydrogen-bond donors (Lipinski definition) is 2. The molecule has 0 saturated carbocycles. The fourth-order valence-electron chi connectivity index (χ4n) is 1.67. The Bertz CT molecular complexity index is 293. The number of nitrogens with one attached hydrogen (secondary N) is 1.